The van der Waals surface area contributed by atoms with Crippen LogP contribution in [-0.4, -0.2) is 143 Å². The highest BCUT2D eigenvalue weighted by Gasteiger charge is 2.68. The third-order valence-electron chi connectivity index (χ3n) is 21.5. The molecule has 3 aromatic carbocycles. The maximum Gasteiger partial charge on any atom is 0.345 e. The highest BCUT2D eigenvalue weighted by atomic mass is 16.6. The van der Waals surface area contributed by atoms with Gasteiger partial charge in [0.2, 0.25) is 0 Å². The van der Waals surface area contributed by atoms with Gasteiger partial charge in [-0.2, -0.15) is 0 Å². The second-order valence-corrected chi connectivity index (χ2v) is 25.4. The summed E-state index contributed by atoms with van der Waals surface area (Å²) < 4.78 is 42.3. The number of likely N-dealkylation sites (tertiary alicyclic amines) is 3. The number of ether oxygens (including phenoxy) is 7. The molecule has 0 radical (unpaired) electrons. The van der Waals surface area contributed by atoms with Crippen LogP contribution < -0.4 is 23.7 Å². The highest BCUT2D eigenvalue weighted by molar-refractivity contribution is 5.91. The molecule has 17 rings (SSSR count). The zero-order chi connectivity index (χ0) is 57.6. The number of carbonyl (C=O) groups is 4. The Morgan fingerprint density at radius 3 is 1.63 bits per heavy atom. The molecule has 3 spiro atoms. The van der Waals surface area contributed by atoms with Gasteiger partial charge >= 0.3 is 23.9 Å². The van der Waals surface area contributed by atoms with Crippen molar-refractivity contribution in [2.75, 3.05) is 40.8 Å². The Hall–Kier alpha value is -7.60. The number of phenols is 1. The van der Waals surface area contributed by atoms with Gasteiger partial charge in [0, 0.05) is 102 Å². The fraction of sp³-hybridized carbons (Fsp3) is 0.463. The fourth-order valence-electron chi connectivity index (χ4n) is 18.2. The van der Waals surface area contributed by atoms with Gasteiger partial charge in [0.05, 0.1) is 11.1 Å². The van der Waals surface area contributed by atoms with E-state index in [0.29, 0.717) is 64.1 Å². The van der Waals surface area contributed by atoms with E-state index in [-0.39, 0.29) is 46.1 Å². The Bertz CT molecular complexity index is 3610. The number of pyridine rings is 2. The molecule has 17 heteroatoms. The number of likely N-dealkylation sites (N-methyl/N-ethyl adjacent to an activating group) is 3. The van der Waals surface area contributed by atoms with Crippen LogP contribution in [0, 0.1) is 17.8 Å². The first-order valence-electron chi connectivity index (χ1n) is 29.9. The van der Waals surface area contributed by atoms with Crippen LogP contribution in [0.25, 0.3) is 0 Å². The number of carbonyl (C=O) groups excluding carboxylic acids is 4. The highest BCUT2D eigenvalue weighted by Crippen LogP contribution is 2.66. The average Bonchev–Trinajstić information content (AvgIpc) is 1.73. The van der Waals surface area contributed by atoms with Gasteiger partial charge < -0.3 is 53.0 Å². The first-order chi connectivity index (χ1) is 40.7. The minimum atomic E-state index is -0.590. The summed E-state index contributed by atoms with van der Waals surface area (Å²) in [5.74, 6) is 2.82. The van der Waals surface area contributed by atoms with E-state index in [1.54, 1.807) is 36.7 Å². The van der Waals surface area contributed by atoms with Gasteiger partial charge in [0.1, 0.15) is 18.3 Å². The summed E-state index contributed by atoms with van der Waals surface area (Å²) in [4.78, 5) is 64.6. The van der Waals surface area contributed by atoms with Crippen molar-refractivity contribution in [1.82, 2.24) is 24.7 Å². The molecule has 2 aromatic heterocycles. The van der Waals surface area contributed by atoms with Gasteiger partial charge in [-0.1, -0.05) is 30.4 Å². The minimum absolute atomic E-state index is 0.197. The van der Waals surface area contributed by atoms with Crippen LogP contribution in [0.3, 0.4) is 0 Å². The summed E-state index contributed by atoms with van der Waals surface area (Å²) in [6.45, 7) is 5.84. The zero-order valence-corrected chi connectivity index (χ0v) is 47.9. The molecule has 434 valence electrons. The quantitative estimate of drug-likeness (QED) is 0.0984. The first-order valence-corrected chi connectivity index (χ1v) is 29.9. The number of rotatable bonds is 6. The van der Waals surface area contributed by atoms with E-state index < -0.39 is 30.3 Å². The van der Waals surface area contributed by atoms with Gasteiger partial charge in [-0.3, -0.25) is 19.6 Å². The van der Waals surface area contributed by atoms with Crippen molar-refractivity contribution in [3.63, 3.8) is 0 Å². The molecule has 6 bridgehead atoms. The van der Waals surface area contributed by atoms with E-state index >= 15 is 0 Å². The maximum atomic E-state index is 13.0. The lowest BCUT2D eigenvalue weighted by atomic mass is 9.52. The van der Waals surface area contributed by atoms with Crippen LogP contribution in [0.1, 0.15) is 106 Å². The van der Waals surface area contributed by atoms with E-state index in [0.717, 1.165) is 81.0 Å². The number of hydrogen-bond acceptors (Lipinski definition) is 17. The number of benzene rings is 3. The van der Waals surface area contributed by atoms with Gasteiger partial charge in [0.15, 0.2) is 46.7 Å². The van der Waals surface area contributed by atoms with Gasteiger partial charge in [-0.05, 0) is 176 Å². The molecule has 0 amide bonds. The second kappa shape index (κ2) is 19.7. The average molecular weight is 1140 g/mol. The molecule has 8 heterocycles. The summed E-state index contributed by atoms with van der Waals surface area (Å²) in [6, 6.07) is 19.9. The van der Waals surface area contributed by atoms with Crippen LogP contribution in [0.2, 0.25) is 0 Å². The van der Waals surface area contributed by atoms with Crippen molar-refractivity contribution in [1.29, 1.82) is 0 Å². The molecule has 84 heavy (non-hydrogen) atoms. The van der Waals surface area contributed by atoms with Crippen LogP contribution in [0.4, 0.5) is 0 Å². The minimum Gasteiger partial charge on any atom is -0.504 e. The molecule has 1 saturated carbocycles. The van der Waals surface area contributed by atoms with Gasteiger partial charge in [0.25, 0.3) is 0 Å². The number of hydrogen-bond donors (Lipinski definition) is 1. The molecule has 6 aliphatic heterocycles. The van der Waals surface area contributed by atoms with Crippen LogP contribution in [-0.2, 0) is 54.6 Å². The Morgan fingerprint density at radius 2 is 1.07 bits per heavy atom. The lowest BCUT2D eigenvalue weighted by molar-refractivity contribution is -0.152. The van der Waals surface area contributed by atoms with E-state index in [4.69, 9.17) is 33.2 Å². The summed E-state index contributed by atoms with van der Waals surface area (Å²) in [6.07, 6.45) is 22.8. The SMILES string of the molecule is CC(=O)Oc1ccc2c3c1O[C@H]1[C@@H](OC(C)=O)C=C[C@H]4[C@@H](C2)N(C)CC[C@@]341.CN1CC[C@]23c4c5ccc(O)c4O[C@H]2CCC[C@H]3[C@H]1C5.CN1CC[C@]23c4c5ccc(OC(=O)c6cccnc6)c4O[C@H]2[C@@H](OC(=O)c2cccnc2)C=C[C@H]3[C@H]1C5. The van der Waals surface area contributed by atoms with E-state index in [2.05, 4.69) is 76.2 Å². The van der Waals surface area contributed by atoms with Crippen molar-refractivity contribution >= 4 is 23.9 Å². The van der Waals surface area contributed by atoms with Crippen LogP contribution in [0.5, 0.6) is 34.5 Å². The van der Waals surface area contributed by atoms with Gasteiger partial charge in [-0.25, -0.2) is 9.59 Å². The smallest absolute Gasteiger partial charge is 0.345 e. The molecule has 1 N–H and O–H groups in total. The van der Waals surface area contributed by atoms with Crippen molar-refractivity contribution in [3.05, 3.63) is 154 Å². The third-order valence-corrected chi connectivity index (χ3v) is 21.5. The number of esters is 4. The van der Waals surface area contributed by atoms with E-state index in [9.17, 15) is 24.3 Å². The summed E-state index contributed by atoms with van der Waals surface area (Å²) in [7, 11) is 6.62. The molecule has 3 saturated heterocycles. The number of phenolic OH excluding ortho intramolecular Hbond substituents is 1. The second-order valence-electron chi connectivity index (χ2n) is 25.4. The molecule has 14 atom stereocenters. The van der Waals surface area contributed by atoms with E-state index in [1.807, 2.05) is 30.4 Å². The van der Waals surface area contributed by atoms with Crippen molar-refractivity contribution in [2.24, 2.45) is 17.8 Å². The summed E-state index contributed by atoms with van der Waals surface area (Å²) >= 11 is 0. The number of aromatic hydroxyl groups is 1. The topological polar surface area (TPSA) is 189 Å². The lowest BCUT2D eigenvalue weighted by Gasteiger charge is -2.57. The molecule has 0 unspecified atom stereocenters. The predicted molar refractivity (Wildman–Crippen MR) is 306 cm³/mol. The molecule has 12 aliphatic rings. The third kappa shape index (κ3) is 7.75. The van der Waals surface area contributed by atoms with Crippen molar-refractivity contribution in [3.8, 4) is 34.5 Å². The molecule has 5 aromatic rings. The Morgan fingerprint density at radius 1 is 0.560 bits per heavy atom. The Labute approximate surface area is 487 Å². The Balaban J connectivity index is 0.000000112. The predicted octanol–water partition coefficient (Wildman–Crippen LogP) is 7.81. The molecular formula is C67H69N5O12. The molecule has 6 aliphatic carbocycles. The number of nitrogens with zero attached hydrogens (tertiary/aromatic N) is 5. The first kappa shape index (κ1) is 53.1. The normalized spacial score (nSPS) is 33.8. The molecular weight excluding hydrogens is 1070 g/mol. The molecule has 4 fully saturated rings. The van der Waals surface area contributed by atoms with Crippen LogP contribution in [0.15, 0.2) is 110 Å². The lowest BCUT2D eigenvalue weighted by Crippen LogP contribution is -2.65. The fourth-order valence-corrected chi connectivity index (χ4v) is 18.2. The van der Waals surface area contributed by atoms with Crippen molar-refractivity contribution < 1.29 is 57.4 Å². The summed E-state index contributed by atoms with van der Waals surface area (Å²) in [5.41, 5.74) is 7.84. The number of aromatic nitrogens is 2. The van der Waals surface area contributed by atoms with Crippen molar-refractivity contribution in [2.45, 2.75) is 137 Å². The Kier molecular flexibility index (Phi) is 12.5. The standard InChI is InChI=1S/C29H25N3O5.C21H23NO5.C17H21NO2/c1-32-13-10-29-20-7-9-23(36-28(34)19-5-3-12-31-16-19)26(29)37-25-22(8-6-17(24(25)29)14-21(20)32)35-27(33)18-4-2-11-30-15-18;1-11(23)25-16-6-4-13-10-15-14-5-7-17(26-12(2)24)20-21(14,8-9-22(15)3)18(13)19(16)27-20;1-18-8-7-17-11-3-2-4-14(17)20-16-13(19)6-5-10(15(16)17)9-12(11)18/h2-9,11-12,15-16,20-21,23,26H,10,13-14H2,1H3;4-7,14-15,17,20H,8-10H2,1-3H3;5-6,11-12,14,19H,2-4,7-9H2,1H3/t20-,21+,23-,26-,29-;14-,15+,17-,20-,21-;11-,12+,14-,17+/m000/s1. The van der Waals surface area contributed by atoms with Crippen LogP contribution >= 0.6 is 0 Å². The van der Waals surface area contributed by atoms with Gasteiger partial charge in [-0.15, -0.1) is 0 Å². The number of piperidine rings is 3. The zero-order valence-electron chi connectivity index (χ0n) is 47.9. The van der Waals surface area contributed by atoms with E-state index in [1.165, 1.54) is 67.8 Å². The largest absolute Gasteiger partial charge is 0.504 e. The summed E-state index contributed by atoms with van der Waals surface area (Å²) in [5, 5.41) is 10.2. The molecule has 17 nitrogen and oxygen atoms in total. The monoisotopic (exact) mass is 1140 g/mol. The maximum absolute atomic E-state index is 13.0.